The number of aryl methyl sites for hydroxylation is 1. The molecule has 2 nitrogen and oxygen atoms in total. The third-order valence-corrected chi connectivity index (χ3v) is 4.90. The molecule has 1 aliphatic rings. The standard InChI is InChI=1S/C18H29NO/c1-4-15-9-11-17(12-10-15)18(20)14(2)19(3)13-16-7-5-6-8-16/h9-12,14,16,18,20H,4-8,13H2,1-3H3. The normalized spacial score (nSPS) is 19.4. The molecule has 0 amide bonds. The molecule has 1 N–H and O–H groups in total. The van der Waals surface area contributed by atoms with Gasteiger partial charge in [0.1, 0.15) is 0 Å². The molecule has 0 aromatic heterocycles. The van der Waals surface area contributed by atoms with Gasteiger partial charge in [-0.25, -0.2) is 0 Å². The van der Waals surface area contributed by atoms with Gasteiger partial charge < -0.3 is 10.0 Å². The van der Waals surface area contributed by atoms with Crippen molar-refractivity contribution in [2.45, 2.75) is 58.1 Å². The van der Waals surface area contributed by atoms with Crippen LogP contribution in [0.2, 0.25) is 0 Å². The molecule has 20 heavy (non-hydrogen) atoms. The fourth-order valence-electron chi connectivity index (χ4n) is 3.24. The number of likely N-dealkylation sites (N-methyl/N-ethyl adjacent to an activating group) is 1. The summed E-state index contributed by atoms with van der Waals surface area (Å²) in [6, 6.07) is 8.57. The van der Waals surface area contributed by atoms with Crippen molar-refractivity contribution in [3.8, 4) is 0 Å². The topological polar surface area (TPSA) is 23.5 Å². The summed E-state index contributed by atoms with van der Waals surface area (Å²) < 4.78 is 0. The zero-order chi connectivity index (χ0) is 14.5. The largest absolute Gasteiger partial charge is 0.387 e. The SMILES string of the molecule is CCc1ccc(C(O)C(C)N(C)CC2CCCC2)cc1. The molecule has 112 valence electrons. The predicted octanol–water partition coefficient (Wildman–Crippen LogP) is 3.79. The highest BCUT2D eigenvalue weighted by Gasteiger charge is 2.24. The maximum Gasteiger partial charge on any atom is 0.0942 e. The molecular formula is C18H29NO. The van der Waals surface area contributed by atoms with Crippen molar-refractivity contribution < 1.29 is 5.11 Å². The summed E-state index contributed by atoms with van der Waals surface area (Å²) in [7, 11) is 2.15. The van der Waals surface area contributed by atoms with Crippen LogP contribution < -0.4 is 0 Å². The number of nitrogens with zero attached hydrogens (tertiary/aromatic N) is 1. The van der Waals surface area contributed by atoms with Gasteiger partial charge in [0.2, 0.25) is 0 Å². The lowest BCUT2D eigenvalue weighted by atomic mass is 9.99. The zero-order valence-electron chi connectivity index (χ0n) is 13.2. The Bertz CT molecular complexity index is 394. The lowest BCUT2D eigenvalue weighted by molar-refractivity contribution is 0.0646. The highest BCUT2D eigenvalue weighted by Crippen LogP contribution is 2.27. The van der Waals surface area contributed by atoms with Crippen LogP contribution >= 0.6 is 0 Å². The minimum Gasteiger partial charge on any atom is -0.387 e. The van der Waals surface area contributed by atoms with E-state index in [9.17, 15) is 5.11 Å². The number of benzene rings is 1. The van der Waals surface area contributed by atoms with Gasteiger partial charge in [0.25, 0.3) is 0 Å². The molecule has 1 aromatic rings. The van der Waals surface area contributed by atoms with Crippen LogP contribution in [0.5, 0.6) is 0 Å². The smallest absolute Gasteiger partial charge is 0.0942 e. The second kappa shape index (κ2) is 7.24. The van der Waals surface area contributed by atoms with Crippen molar-refractivity contribution >= 4 is 0 Å². The van der Waals surface area contributed by atoms with E-state index < -0.39 is 6.10 Å². The first-order chi connectivity index (χ1) is 9.61. The minimum absolute atomic E-state index is 0.170. The van der Waals surface area contributed by atoms with E-state index in [0.29, 0.717) is 0 Å². The number of hydrogen-bond acceptors (Lipinski definition) is 2. The fourth-order valence-corrected chi connectivity index (χ4v) is 3.24. The van der Waals surface area contributed by atoms with Crippen LogP contribution in [0.4, 0.5) is 0 Å². The number of rotatable bonds is 6. The van der Waals surface area contributed by atoms with E-state index in [1.165, 1.54) is 31.2 Å². The van der Waals surface area contributed by atoms with E-state index in [4.69, 9.17) is 0 Å². The second-order valence-corrected chi connectivity index (χ2v) is 6.37. The van der Waals surface area contributed by atoms with E-state index >= 15 is 0 Å². The quantitative estimate of drug-likeness (QED) is 0.853. The molecule has 1 fully saturated rings. The Hall–Kier alpha value is -0.860. The highest BCUT2D eigenvalue weighted by molar-refractivity contribution is 5.24. The molecule has 2 rings (SSSR count). The summed E-state index contributed by atoms with van der Waals surface area (Å²) >= 11 is 0. The Morgan fingerprint density at radius 3 is 2.35 bits per heavy atom. The van der Waals surface area contributed by atoms with Crippen LogP contribution in [0, 0.1) is 5.92 Å². The van der Waals surface area contributed by atoms with Crippen LogP contribution in [-0.2, 0) is 6.42 Å². The van der Waals surface area contributed by atoms with Crippen molar-refractivity contribution in [1.82, 2.24) is 4.90 Å². The molecular weight excluding hydrogens is 246 g/mol. The molecule has 2 atom stereocenters. The van der Waals surface area contributed by atoms with E-state index in [-0.39, 0.29) is 6.04 Å². The Labute approximate surface area is 123 Å². The predicted molar refractivity (Wildman–Crippen MR) is 84.8 cm³/mol. The number of aliphatic hydroxyl groups excluding tert-OH is 1. The maximum atomic E-state index is 10.6. The molecule has 0 heterocycles. The molecule has 0 aliphatic heterocycles. The molecule has 1 saturated carbocycles. The molecule has 2 unspecified atom stereocenters. The van der Waals surface area contributed by atoms with Crippen LogP contribution in [0.15, 0.2) is 24.3 Å². The average Bonchev–Trinajstić information content (AvgIpc) is 2.98. The summed E-state index contributed by atoms with van der Waals surface area (Å²) in [5, 5.41) is 10.6. The summed E-state index contributed by atoms with van der Waals surface area (Å²) in [5.41, 5.74) is 2.36. The third kappa shape index (κ3) is 3.83. The molecule has 0 bridgehead atoms. The van der Waals surface area contributed by atoms with Gasteiger partial charge in [-0.1, -0.05) is 44.0 Å². The van der Waals surface area contributed by atoms with Crippen LogP contribution in [0.1, 0.15) is 56.8 Å². The summed E-state index contributed by atoms with van der Waals surface area (Å²) in [4.78, 5) is 2.33. The van der Waals surface area contributed by atoms with E-state index in [1.807, 2.05) is 0 Å². The molecule has 0 spiro atoms. The van der Waals surface area contributed by atoms with Crippen molar-refractivity contribution in [3.05, 3.63) is 35.4 Å². The van der Waals surface area contributed by atoms with Gasteiger partial charge in [0.15, 0.2) is 0 Å². The Balaban J connectivity index is 1.93. The highest BCUT2D eigenvalue weighted by atomic mass is 16.3. The molecule has 1 aliphatic carbocycles. The van der Waals surface area contributed by atoms with Gasteiger partial charge in [-0.3, -0.25) is 0 Å². The third-order valence-electron chi connectivity index (χ3n) is 4.90. The van der Waals surface area contributed by atoms with Crippen molar-refractivity contribution in [2.24, 2.45) is 5.92 Å². The first-order valence-electron chi connectivity index (χ1n) is 8.09. The first-order valence-corrected chi connectivity index (χ1v) is 8.09. The molecule has 0 radical (unpaired) electrons. The van der Waals surface area contributed by atoms with Gasteiger partial charge in [-0.15, -0.1) is 0 Å². The van der Waals surface area contributed by atoms with Crippen LogP contribution in [0.25, 0.3) is 0 Å². The lowest BCUT2D eigenvalue weighted by Gasteiger charge is -2.31. The Morgan fingerprint density at radius 1 is 1.20 bits per heavy atom. The lowest BCUT2D eigenvalue weighted by Crippen LogP contribution is -2.37. The summed E-state index contributed by atoms with van der Waals surface area (Å²) in [5.74, 6) is 0.831. The average molecular weight is 275 g/mol. The molecule has 1 aromatic carbocycles. The molecule has 2 heteroatoms. The summed E-state index contributed by atoms with van der Waals surface area (Å²) in [6.45, 7) is 5.40. The Morgan fingerprint density at radius 2 is 1.80 bits per heavy atom. The number of hydrogen-bond donors (Lipinski definition) is 1. The van der Waals surface area contributed by atoms with Crippen molar-refractivity contribution in [2.75, 3.05) is 13.6 Å². The van der Waals surface area contributed by atoms with Gasteiger partial charge in [0.05, 0.1) is 6.10 Å². The minimum atomic E-state index is -0.396. The fraction of sp³-hybridized carbons (Fsp3) is 0.667. The van der Waals surface area contributed by atoms with Gasteiger partial charge in [-0.05, 0) is 50.3 Å². The zero-order valence-corrected chi connectivity index (χ0v) is 13.2. The Kier molecular flexibility index (Phi) is 5.62. The summed E-state index contributed by atoms with van der Waals surface area (Å²) in [6.07, 6.45) is 6.14. The van der Waals surface area contributed by atoms with Gasteiger partial charge in [-0.2, -0.15) is 0 Å². The van der Waals surface area contributed by atoms with Gasteiger partial charge in [0, 0.05) is 12.6 Å². The maximum absolute atomic E-state index is 10.6. The second-order valence-electron chi connectivity index (χ2n) is 6.37. The van der Waals surface area contributed by atoms with Crippen molar-refractivity contribution in [3.63, 3.8) is 0 Å². The van der Waals surface area contributed by atoms with E-state index in [0.717, 1.165) is 24.4 Å². The first kappa shape index (κ1) is 15.5. The monoisotopic (exact) mass is 275 g/mol. The van der Waals surface area contributed by atoms with Gasteiger partial charge >= 0.3 is 0 Å². The van der Waals surface area contributed by atoms with Crippen LogP contribution in [-0.4, -0.2) is 29.6 Å². The number of aliphatic hydroxyl groups is 1. The van der Waals surface area contributed by atoms with Crippen molar-refractivity contribution in [1.29, 1.82) is 0 Å². The molecule has 0 saturated heterocycles. The van der Waals surface area contributed by atoms with E-state index in [1.54, 1.807) is 0 Å². The van der Waals surface area contributed by atoms with E-state index in [2.05, 4.69) is 50.1 Å². The van der Waals surface area contributed by atoms with Crippen LogP contribution in [0.3, 0.4) is 0 Å².